The van der Waals surface area contributed by atoms with Crippen LogP contribution >= 0.6 is 0 Å². The number of rotatable bonds is 0. The van der Waals surface area contributed by atoms with Gasteiger partial charge in [-0.25, -0.2) is 0 Å². The van der Waals surface area contributed by atoms with Crippen LogP contribution in [0.1, 0.15) is 25.0 Å². The van der Waals surface area contributed by atoms with Crippen molar-refractivity contribution in [3.05, 3.63) is 29.3 Å². The van der Waals surface area contributed by atoms with Crippen LogP contribution in [0.2, 0.25) is 0 Å². The summed E-state index contributed by atoms with van der Waals surface area (Å²) in [5, 5.41) is 12.8. The van der Waals surface area contributed by atoms with Crippen molar-refractivity contribution in [2.75, 3.05) is 6.54 Å². The van der Waals surface area contributed by atoms with Crippen LogP contribution in [0.25, 0.3) is 0 Å². The monoisotopic (exact) mass is 177 g/mol. The van der Waals surface area contributed by atoms with Crippen LogP contribution < -0.4 is 5.32 Å². The molecule has 2 rings (SSSR count). The van der Waals surface area contributed by atoms with Crippen molar-refractivity contribution < 1.29 is 5.11 Å². The number of phenolic OH excluding ortho intramolecular Hbond substituents is 1. The van der Waals surface area contributed by atoms with Gasteiger partial charge >= 0.3 is 0 Å². The lowest BCUT2D eigenvalue weighted by molar-refractivity contribution is 0.378. The standard InChI is InChI=1S/C11H15NO/c1-11(2)10-7-9(13)4-3-8(10)5-6-12-11/h3-4,7,12-13H,5-6H2,1-2H3. The Morgan fingerprint density at radius 2 is 2.15 bits per heavy atom. The van der Waals surface area contributed by atoms with Gasteiger partial charge in [0, 0.05) is 5.54 Å². The maximum Gasteiger partial charge on any atom is 0.115 e. The van der Waals surface area contributed by atoms with E-state index in [0.717, 1.165) is 13.0 Å². The van der Waals surface area contributed by atoms with Crippen LogP contribution in [0.5, 0.6) is 5.75 Å². The van der Waals surface area contributed by atoms with Gasteiger partial charge in [0.25, 0.3) is 0 Å². The molecule has 0 spiro atoms. The van der Waals surface area contributed by atoms with E-state index in [1.165, 1.54) is 11.1 Å². The van der Waals surface area contributed by atoms with Crippen LogP contribution in [-0.4, -0.2) is 11.7 Å². The Hall–Kier alpha value is -1.02. The lowest BCUT2D eigenvalue weighted by atomic mass is 9.85. The molecule has 1 aliphatic rings. The lowest BCUT2D eigenvalue weighted by Gasteiger charge is -2.33. The second-order valence-electron chi connectivity index (χ2n) is 4.14. The normalized spacial score (nSPS) is 19.5. The van der Waals surface area contributed by atoms with E-state index in [1.807, 2.05) is 12.1 Å². The Bertz CT molecular complexity index is 331. The van der Waals surface area contributed by atoms with Crippen LogP contribution in [0.15, 0.2) is 18.2 Å². The molecule has 1 aliphatic heterocycles. The Kier molecular flexibility index (Phi) is 1.81. The SMILES string of the molecule is CC1(C)NCCc2ccc(O)cc21. The fourth-order valence-corrected chi connectivity index (χ4v) is 1.97. The molecule has 0 bridgehead atoms. The van der Waals surface area contributed by atoms with E-state index in [9.17, 15) is 5.11 Å². The van der Waals surface area contributed by atoms with E-state index >= 15 is 0 Å². The highest BCUT2D eigenvalue weighted by Crippen LogP contribution is 2.30. The van der Waals surface area contributed by atoms with E-state index in [0.29, 0.717) is 5.75 Å². The summed E-state index contributed by atoms with van der Waals surface area (Å²) in [6.45, 7) is 5.31. The third-order valence-corrected chi connectivity index (χ3v) is 2.73. The van der Waals surface area contributed by atoms with Crippen LogP contribution in [0, 0.1) is 0 Å². The predicted octanol–water partition coefficient (Wildman–Crippen LogP) is 1.77. The molecule has 0 unspecified atom stereocenters. The van der Waals surface area contributed by atoms with Crippen LogP contribution in [-0.2, 0) is 12.0 Å². The molecule has 0 aliphatic carbocycles. The molecule has 0 radical (unpaired) electrons. The molecule has 0 aromatic heterocycles. The minimum absolute atomic E-state index is 0.00762. The summed E-state index contributed by atoms with van der Waals surface area (Å²) in [5.41, 5.74) is 2.56. The summed E-state index contributed by atoms with van der Waals surface area (Å²) in [5.74, 6) is 0.357. The zero-order valence-electron chi connectivity index (χ0n) is 8.09. The quantitative estimate of drug-likeness (QED) is 0.633. The van der Waals surface area contributed by atoms with Crippen molar-refractivity contribution in [1.82, 2.24) is 5.32 Å². The summed E-state index contributed by atoms with van der Waals surface area (Å²) in [6, 6.07) is 5.65. The van der Waals surface area contributed by atoms with Gasteiger partial charge in [0.2, 0.25) is 0 Å². The topological polar surface area (TPSA) is 32.3 Å². The number of phenols is 1. The van der Waals surface area contributed by atoms with Crippen LogP contribution in [0.4, 0.5) is 0 Å². The first-order chi connectivity index (χ1) is 6.09. The van der Waals surface area contributed by atoms with E-state index in [-0.39, 0.29) is 5.54 Å². The first-order valence-corrected chi connectivity index (χ1v) is 4.67. The predicted molar refractivity (Wildman–Crippen MR) is 52.8 cm³/mol. The van der Waals surface area contributed by atoms with Crippen molar-refractivity contribution in [2.45, 2.75) is 25.8 Å². The van der Waals surface area contributed by atoms with Gasteiger partial charge in [-0.15, -0.1) is 0 Å². The average molecular weight is 177 g/mol. The third-order valence-electron chi connectivity index (χ3n) is 2.73. The van der Waals surface area contributed by atoms with Crippen molar-refractivity contribution in [2.24, 2.45) is 0 Å². The summed E-state index contributed by atoms with van der Waals surface area (Å²) in [7, 11) is 0. The Balaban J connectivity index is 2.55. The summed E-state index contributed by atoms with van der Waals surface area (Å²) in [4.78, 5) is 0. The van der Waals surface area contributed by atoms with Gasteiger partial charge in [0.1, 0.15) is 5.75 Å². The fourth-order valence-electron chi connectivity index (χ4n) is 1.97. The van der Waals surface area contributed by atoms with Gasteiger partial charge in [-0.2, -0.15) is 0 Å². The minimum atomic E-state index is -0.00762. The molecule has 0 saturated carbocycles. The zero-order chi connectivity index (χ0) is 9.47. The Labute approximate surface area is 78.6 Å². The lowest BCUT2D eigenvalue weighted by Crippen LogP contribution is -2.42. The van der Waals surface area contributed by atoms with Crippen molar-refractivity contribution in [3.63, 3.8) is 0 Å². The van der Waals surface area contributed by atoms with Gasteiger partial charge in [0.15, 0.2) is 0 Å². The molecule has 1 aromatic rings. The highest BCUT2D eigenvalue weighted by atomic mass is 16.3. The van der Waals surface area contributed by atoms with Gasteiger partial charge < -0.3 is 10.4 Å². The first kappa shape index (κ1) is 8.57. The number of nitrogens with one attached hydrogen (secondary N) is 1. The number of fused-ring (bicyclic) bond motifs is 1. The van der Waals surface area contributed by atoms with E-state index in [2.05, 4.69) is 19.2 Å². The molecule has 1 heterocycles. The largest absolute Gasteiger partial charge is 0.508 e. The number of hydrogen-bond donors (Lipinski definition) is 2. The third kappa shape index (κ3) is 1.42. The molecule has 2 heteroatoms. The summed E-state index contributed by atoms with van der Waals surface area (Å²) in [6.07, 6.45) is 1.05. The second kappa shape index (κ2) is 2.74. The Morgan fingerprint density at radius 1 is 1.38 bits per heavy atom. The van der Waals surface area contributed by atoms with E-state index in [1.54, 1.807) is 6.07 Å². The maximum atomic E-state index is 9.39. The highest BCUT2D eigenvalue weighted by Gasteiger charge is 2.26. The van der Waals surface area contributed by atoms with Crippen molar-refractivity contribution >= 4 is 0 Å². The molecule has 70 valence electrons. The smallest absolute Gasteiger partial charge is 0.115 e. The average Bonchev–Trinajstić information content (AvgIpc) is 2.06. The minimum Gasteiger partial charge on any atom is -0.508 e. The maximum absolute atomic E-state index is 9.39. The molecule has 0 saturated heterocycles. The molecule has 0 atom stereocenters. The number of hydrogen-bond acceptors (Lipinski definition) is 2. The molecule has 13 heavy (non-hydrogen) atoms. The molecule has 0 amide bonds. The van der Waals surface area contributed by atoms with Crippen LogP contribution in [0.3, 0.4) is 0 Å². The fraction of sp³-hybridized carbons (Fsp3) is 0.455. The summed E-state index contributed by atoms with van der Waals surface area (Å²) >= 11 is 0. The van der Waals surface area contributed by atoms with Crippen molar-refractivity contribution in [1.29, 1.82) is 0 Å². The molecule has 0 fully saturated rings. The molecular formula is C11H15NO. The van der Waals surface area contributed by atoms with Gasteiger partial charge in [-0.1, -0.05) is 6.07 Å². The van der Waals surface area contributed by atoms with E-state index in [4.69, 9.17) is 0 Å². The van der Waals surface area contributed by atoms with Crippen molar-refractivity contribution in [3.8, 4) is 5.75 Å². The second-order valence-corrected chi connectivity index (χ2v) is 4.14. The Morgan fingerprint density at radius 3 is 2.92 bits per heavy atom. The van der Waals surface area contributed by atoms with Gasteiger partial charge in [0.05, 0.1) is 0 Å². The summed E-state index contributed by atoms with van der Waals surface area (Å²) < 4.78 is 0. The number of benzene rings is 1. The number of aromatic hydroxyl groups is 1. The molecular weight excluding hydrogens is 162 g/mol. The molecule has 1 aromatic carbocycles. The van der Waals surface area contributed by atoms with Gasteiger partial charge in [-0.05, 0) is 50.1 Å². The van der Waals surface area contributed by atoms with Gasteiger partial charge in [-0.3, -0.25) is 0 Å². The zero-order valence-corrected chi connectivity index (χ0v) is 8.09. The molecule has 2 N–H and O–H groups in total. The van der Waals surface area contributed by atoms with E-state index < -0.39 is 0 Å². The first-order valence-electron chi connectivity index (χ1n) is 4.67. The highest BCUT2D eigenvalue weighted by molar-refractivity contribution is 5.40. The molecule has 2 nitrogen and oxygen atoms in total.